The highest BCUT2D eigenvalue weighted by atomic mass is 35.5. The molecule has 3 N–H and O–H groups in total. The molecule has 4 rings (SSSR count). The molecule has 35 heavy (non-hydrogen) atoms. The molecule has 2 amide bonds. The molecule has 1 fully saturated rings. The van der Waals surface area contributed by atoms with Crippen LogP contribution in [0.25, 0.3) is 0 Å². The van der Waals surface area contributed by atoms with E-state index in [1.807, 2.05) is 36.4 Å². The van der Waals surface area contributed by atoms with Crippen molar-refractivity contribution in [3.63, 3.8) is 0 Å². The van der Waals surface area contributed by atoms with Gasteiger partial charge in [0.2, 0.25) is 0 Å². The summed E-state index contributed by atoms with van der Waals surface area (Å²) in [5.41, 5.74) is 9.24. The van der Waals surface area contributed by atoms with Gasteiger partial charge in [-0.15, -0.1) is 0 Å². The van der Waals surface area contributed by atoms with Crippen molar-refractivity contribution in [2.45, 2.75) is 12.6 Å². The Kier molecular flexibility index (Phi) is 8.40. The summed E-state index contributed by atoms with van der Waals surface area (Å²) in [6, 6.07) is 25.5. The van der Waals surface area contributed by atoms with Crippen molar-refractivity contribution in [1.29, 1.82) is 0 Å². The number of urea groups is 1. The van der Waals surface area contributed by atoms with Crippen molar-refractivity contribution in [3.05, 3.63) is 106 Å². The number of hydrogen-bond donors (Lipinski definition) is 2. The summed E-state index contributed by atoms with van der Waals surface area (Å²) in [5.74, 6) is 6.47. The normalized spacial score (nSPS) is 15.1. The van der Waals surface area contributed by atoms with E-state index in [-0.39, 0.29) is 12.6 Å². The molecule has 0 aliphatic carbocycles. The number of piperazine rings is 1. The van der Waals surface area contributed by atoms with Gasteiger partial charge >= 0.3 is 6.03 Å². The second kappa shape index (κ2) is 11.9. The molecule has 0 unspecified atom stereocenters. The third-order valence-electron chi connectivity index (χ3n) is 6.15. The van der Waals surface area contributed by atoms with Crippen LogP contribution < -0.4 is 5.73 Å². The number of hydrogen-bond acceptors (Lipinski definition) is 4. The fourth-order valence-corrected chi connectivity index (χ4v) is 4.40. The molecular formula is C28H29ClN4O2. The number of rotatable bonds is 6. The van der Waals surface area contributed by atoms with Crippen molar-refractivity contribution in [3.8, 4) is 11.8 Å². The number of amides is 2. The number of hydroxylamine groups is 2. The zero-order valence-corrected chi connectivity index (χ0v) is 20.2. The first-order valence-electron chi connectivity index (χ1n) is 11.6. The Balaban J connectivity index is 1.34. The maximum absolute atomic E-state index is 10.9. The molecule has 3 aromatic rings. The second-order valence-corrected chi connectivity index (χ2v) is 9.01. The Morgan fingerprint density at radius 3 is 2.20 bits per heavy atom. The highest BCUT2D eigenvalue weighted by Crippen LogP contribution is 2.30. The molecule has 0 radical (unpaired) electrons. The standard InChI is InChI=1S/C28H29ClN4O2/c29-26-14-12-25(13-15-26)27(24-6-2-1-3-7-24)32-19-17-31(18-20-32)16-4-5-22-8-10-23(11-9-22)21-33(35)28(30)34/h1-3,6-15,27,35H,16-21H2,(H2,30,34)/t27-/m1/s1. The van der Waals surface area contributed by atoms with E-state index in [0.29, 0.717) is 11.6 Å². The van der Waals surface area contributed by atoms with Gasteiger partial charge in [0.1, 0.15) is 0 Å². The molecule has 3 aromatic carbocycles. The number of halogens is 1. The van der Waals surface area contributed by atoms with Gasteiger partial charge in [0.25, 0.3) is 0 Å². The van der Waals surface area contributed by atoms with E-state index in [4.69, 9.17) is 17.3 Å². The van der Waals surface area contributed by atoms with Gasteiger partial charge in [-0.1, -0.05) is 78.0 Å². The van der Waals surface area contributed by atoms with Crippen LogP contribution in [0, 0.1) is 11.8 Å². The summed E-state index contributed by atoms with van der Waals surface area (Å²) in [6.45, 7) is 4.56. The number of primary amides is 1. The van der Waals surface area contributed by atoms with Crippen molar-refractivity contribution in [2.24, 2.45) is 5.73 Å². The summed E-state index contributed by atoms with van der Waals surface area (Å²) in [6.07, 6.45) is 0. The van der Waals surface area contributed by atoms with Crippen molar-refractivity contribution in [2.75, 3.05) is 32.7 Å². The molecule has 1 aliphatic heterocycles. The minimum atomic E-state index is -0.878. The van der Waals surface area contributed by atoms with Crippen LogP contribution >= 0.6 is 11.6 Å². The van der Waals surface area contributed by atoms with Crippen LogP contribution in [0.5, 0.6) is 0 Å². The van der Waals surface area contributed by atoms with Crippen LogP contribution in [0.4, 0.5) is 4.79 Å². The SMILES string of the molecule is NC(=O)N(O)Cc1ccc(C#CCN2CCN([C@H](c3ccccc3)c3ccc(Cl)cc3)CC2)cc1. The number of carbonyl (C=O) groups is 1. The van der Waals surface area contributed by atoms with Gasteiger partial charge < -0.3 is 5.73 Å². The molecule has 180 valence electrons. The fraction of sp³-hybridized carbons (Fsp3) is 0.250. The van der Waals surface area contributed by atoms with Crippen LogP contribution in [0.3, 0.4) is 0 Å². The van der Waals surface area contributed by atoms with E-state index in [1.165, 1.54) is 11.1 Å². The number of benzene rings is 3. The number of nitrogens with two attached hydrogens (primary N) is 1. The zero-order valence-electron chi connectivity index (χ0n) is 19.5. The molecule has 1 saturated heterocycles. The van der Waals surface area contributed by atoms with Crippen molar-refractivity contribution >= 4 is 17.6 Å². The Hall–Kier alpha value is -3.34. The quantitative estimate of drug-likeness (QED) is 0.307. The van der Waals surface area contributed by atoms with E-state index in [9.17, 15) is 10.0 Å². The predicted octanol–water partition coefficient (Wildman–Crippen LogP) is 4.37. The smallest absolute Gasteiger partial charge is 0.338 e. The van der Waals surface area contributed by atoms with Crippen LogP contribution in [0.2, 0.25) is 5.02 Å². The van der Waals surface area contributed by atoms with Crippen LogP contribution in [-0.2, 0) is 6.54 Å². The molecule has 0 spiro atoms. The lowest BCUT2D eigenvalue weighted by Crippen LogP contribution is -2.47. The summed E-state index contributed by atoms with van der Waals surface area (Å²) in [5, 5.41) is 10.7. The molecule has 1 aliphatic rings. The van der Waals surface area contributed by atoms with Gasteiger partial charge in [0.05, 0.1) is 19.1 Å². The molecule has 1 atom stereocenters. The fourth-order valence-electron chi connectivity index (χ4n) is 4.27. The monoisotopic (exact) mass is 488 g/mol. The maximum atomic E-state index is 10.9. The molecule has 6 nitrogen and oxygen atoms in total. The van der Waals surface area contributed by atoms with Gasteiger partial charge in [-0.3, -0.25) is 15.0 Å². The summed E-state index contributed by atoms with van der Waals surface area (Å²) < 4.78 is 0. The van der Waals surface area contributed by atoms with Gasteiger partial charge in [-0.2, -0.15) is 0 Å². The Bertz CT molecular complexity index is 1170. The highest BCUT2D eigenvalue weighted by molar-refractivity contribution is 6.30. The van der Waals surface area contributed by atoms with E-state index >= 15 is 0 Å². The first-order valence-corrected chi connectivity index (χ1v) is 12.0. The maximum Gasteiger partial charge on any atom is 0.338 e. The average molecular weight is 489 g/mol. The van der Waals surface area contributed by atoms with E-state index < -0.39 is 6.03 Å². The Morgan fingerprint density at radius 2 is 1.57 bits per heavy atom. The minimum Gasteiger partial charge on any atom is -0.350 e. The van der Waals surface area contributed by atoms with Crippen molar-refractivity contribution < 1.29 is 10.0 Å². The Morgan fingerprint density at radius 1 is 0.943 bits per heavy atom. The largest absolute Gasteiger partial charge is 0.350 e. The Labute approximate surface area is 211 Å². The second-order valence-electron chi connectivity index (χ2n) is 8.57. The van der Waals surface area contributed by atoms with Crippen LogP contribution in [-0.4, -0.2) is 58.8 Å². The molecule has 1 heterocycles. The summed E-state index contributed by atoms with van der Waals surface area (Å²) in [7, 11) is 0. The predicted molar refractivity (Wildman–Crippen MR) is 138 cm³/mol. The van der Waals surface area contributed by atoms with Gasteiger partial charge in [-0.25, -0.2) is 9.86 Å². The molecule has 0 bridgehead atoms. The van der Waals surface area contributed by atoms with Crippen LogP contribution in [0.1, 0.15) is 28.3 Å². The van der Waals surface area contributed by atoms with Gasteiger partial charge in [0.15, 0.2) is 0 Å². The first kappa shape index (κ1) is 24.8. The molecular weight excluding hydrogens is 460 g/mol. The molecule has 0 saturated carbocycles. The number of carbonyl (C=O) groups excluding carboxylic acids is 1. The highest BCUT2D eigenvalue weighted by Gasteiger charge is 2.26. The first-order chi connectivity index (χ1) is 17.0. The average Bonchev–Trinajstić information content (AvgIpc) is 2.88. The number of nitrogens with zero attached hydrogens (tertiary/aromatic N) is 3. The molecule has 0 aromatic heterocycles. The zero-order chi connectivity index (χ0) is 24.6. The van der Waals surface area contributed by atoms with E-state index in [1.54, 1.807) is 0 Å². The van der Waals surface area contributed by atoms with Gasteiger partial charge in [0, 0.05) is 36.8 Å². The summed E-state index contributed by atoms with van der Waals surface area (Å²) in [4.78, 5) is 15.8. The topological polar surface area (TPSA) is 73.0 Å². The molecule has 7 heteroatoms. The van der Waals surface area contributed by atoms with Gasteiger partial charge in [-0.05, 0) is 41.0 Å². The summed E-state index contributed by atoms with van der Waals surface area (Å²) >= 11 is 6.14. The third-order valence-corrected chi connectivity index (χ3v) is 6.40. The minimum absolute atomic E-state index is 0.0489. The van der Waals surface area contributed by atoms with Crippen LogP contribution in [0.15, 0.2) is 78.9 Å². The van der Waals surface area contributed by atoms with Crippen molar-refractivity contribution in [1.82, 2.24) is 14.9 Å². The van der Waals surface area contributed by atoms with E-state index in [0.717, 1.165) is 42.3 Å². The van der Waals surface area contributed by atoms with E-state index in [2.05, 4.69) is 64.1 Å². The third kappa shape index (κ3) is 6.84. The lowest BCUT2D eigenvalue weighted by atomic mass is 9.96. The lowest BCUT2D eigenvalue weighted by Gasteiger charge is -2.39. The lowest BCUT2D eigenvalue weighted by molar-refractivity contribution is -0.0470.